The van der Waals surface area contributed by atoms with Crippen LogP contribution in [0.15, 0.2) is 42.6 Å². The highest BCUT2D eigenvalue weighted by Gasteiger charge is 2.30. The van der Waals surface area contributed by atoms with E-state index < -0.39 is 6.36 Å². The van der Waals surface area contributed by atoms with Crippen molar-refractivity contribution in [3.05, 3.63) is 42.6 Å². The molecule has 1 aliphatic rings. The van der Waals surface area contributed by atoms with Gasteiger partial charge in [0.15, 0.2) is 0 Å². The molecule has 24 heavy (non-hydrogen) atoms. The second-order valence-electron chi connectivity index (χ2n) is 5.21. The van der Waals surface area contributed by atoms with Crippen molar-refractivity contribution in [2.24, 2.45) is 0 Å². The highest BCUT2D eigenvalue weighted by atomic mass is 35.5. The zero-order valence-corrected chi connectivity index (χ0v) is 13.5. The number of benzene rings is 1. The summed E-state index contributed by atoms with van der Waals surface area (Å²) >= 11 is 0. The number of hydrogen-bond acceptors (Lipinski definition) is 4. The molecule has 2 aromatic rings. The van der Waals surface area contributed by atoms with E-state index >= 15 is 0 Å². The fourth-order valence-electron chi connectivity index (χ4n) is 2.49. The molecule has 0 amide bonds. The summed E-state index contributed by atoms with van der Waals surface area (Å²) in [4.78, 5) is 6.64. The number of alkyl halides is 3. The van der Waals surface area contributed by atoms with Crippen LogP contribution in [0.1, 0.15) is 0 Å². The lowest BCUT2D eigenvalue weighted by Gasteiger charge is -2.28. The molecule has 0 unspecified atom stereocenters. The molecular weight excluding hydrogens is 343 g/mol. The molecule has 1 saturated heterocycles. The number of nitrogens with one attached hydrogen (secondary N) is 1. The van der Waals surface area contributed by atoms with Crippen LogP contribution in [0.25, 0.3) is 11.1 Å². The molecule has 3 rings (SSSR count). The van der Waals surface area contributed by atoms with Crippen molar-refractivity contribution < 1.29 is 17.9 Å². The molecule has 0 radical (unpaired) electrons. The van der Waals surface area contributed by atoms with Gasteiger partial charge in [0, 0.05) is 37.9 Å². The number of ether oxygens (including phenoxy) is 1. The Labute approximate surface area is 144 Å². The smallest absolute Gasteiger partial charge is 0.406 e. The zero-order chi connectivity index (χ0) is 16.3. The summed E-state index contributed by atoms with van der Waals surface area (Å²) in [5, 5.41) is 3.28. The molecule has 1 fully saturated rings. The van der Waals surface area contributed by atoms with Crippen LogP contribution in [0.3, 0.4) is 0 Å². The number of hydrogen-bond donors (Lipinski definition) is 1. The van der Waals surface area contributed by atoms with Crippen LogP contribution in [-0.2, 0) is 0 Å². The number of anilines is 1. The molecule has 1 N–H and O–H groups in total. The Balaban J connectivity index is 0.00000208. The zero-order valence-electron chi connectivity index (χ0n) is 12.7. The molecule has 130 valence electrons. The van der Waals surface area contributed by atoms with Crippen LogP contribution in [0, 0.1) is 0 Å². The van der Waals surface area contributed by atoms with Gasteiger partial charge in [0.25, 0.3) is 0 Å². The number of rotatable bonds is 3. The summed E-state index contributed by atoms with van der Waals surface area (Å²) in [6, 6.07) is 9.62. The van der Waals surface area contributed by atoms with E-state index in [0.29, 0.717) is 0 Å². The van der Waals surface area contributed by atoms with Crippen molar-refractivity contribution in [2.75, 3.05) is 31.1 Å². The normalized spacial score (nSPS) is 14.9. The number of halogens is 4. The van der Waals surface area contributed by atoms with Gasteiger partial charge in [0.2, 0.25) is 0 Å². The maximum Gasteiger partial charge on any atom is 0.573 e. The first-order chi connectivity index (χ1) is 11.0. The molecule has 8 heteroatoms. The topological polar surface area (TPSA) is 37.4 Å². The Kier molecular flexibility index (Phi) is 5.90. The molecular formula is C16H17ClF3N3O. The van der Waals surface area contributed by atoms with Crippen molar-refractivity contribution in [3.63, 3.8) is 0 Å². The molecule has 2 heterocycles. The van der Waals surface area contributed by atoms with Gasteiger partial charge >= 0.3 is 6.36 Å². The molecule has 4 nitrogen and oxygen atoms in total. The van der Waals surface area contributed by atoms with E-state index in [-0.39, 0.29) is 18.2 Å². The molecule has 1 aromatic heterocycles. The standard InChI is InChI=1S/C16H16F3N3O.ClH/c17-16(18,19)23-14-4-1-12(2-5-14)13-3-6-15(21-11-13)22-9-7-20-8-10-22;/h1-6,11,20H,7-10H2;1H. The minimum atomic E-state index is -4.67. The third-order valence-electron chi connectivity index (χ3n) is 3.61. The summed E-state index contributed by atoms with van der Waals surface area (Å²) in [6.45, 7) is 3.69. The number of aromatic nitrogens is 1. The predicted molar refractivity (Wildman–Crippen MR) is 88.7 cm³/mol. The highest BCUT2D eigenvalue weighted by Crippen LogP contribution is 2.27. The minimum Gasteiger partial charge on any atom is -0.406 e. The SMILES string of the molecule is Cl.FC(F)(F)Oc1ccc(-c2ccc(N3CCNCC3)nc2)cc1. The largest absolute Gasteiger partial charge is 0.573 e. The summed E-state index contributed by atoms with van der Waals surface area (Å²) in [5.74, 6) is 0.680. The number of nitrogens with zero attached hydrogens (tertiary/aromatic N) is 2. The van der Waals surface area contributed by atoms with Crippen LogP contribution < -0.4 is 15.0 Å². The Bertz CT molecular complexity index is 641. The van der Waals surface area contributed by atoms with Gasteiger partial charge in [0.1, 0.15) is 11.6 Å². The molecule has 1 aliphatic heterocycles. The molecule has 0 aliphatic carbocycles. The lowest BCUT2D eigenvalue weighted by molar-refractivity contribution is -0.274. The van der Waals surface area contributed by atoms with E-state index in [0.717, 1.165) is 43.1 Å². The van der Waals surface area contributed by atoms with E-state index in [1.54, 1.807) is 18.3 Å². The first-order valence-electron chi connectivity index (χ1n) is 7.29. The van der Waals surface area contributed by atoms with Crippen molar-refractivity contribution in [1.29, 1.82) is 0 Å². The molecule has 0 bridgehead atoms. The van der Waals surface area contributed by atoms with Gasteiger partial charge < -0.3 is 15.0 Å². The Morgan fingerprint density at radius 2 is 1.58 bits per heavy atom. The van der Waals surface area contributed by atoms with E-state index in [9.17, 15) is 13.2 Å². The molecule has 0 spiro atoms. The van der Waals surface area contributed by atoms with Crippen LogP contribution >= 0.6 is 12.4 Å². The van der Waals surface area contributed by atoms with Gasteiger partial charge in [0.05, 0.1) is 0 Å². The fourth-order valence-corrected chi connectivity index (χ4v) is 2.49. The van der Waals surface area contributed by atoms with E-state index in [4.69, 9.17) is 0 Å². The highest BCUT2D eigenvalue weighted by molar-refractivity contribution is 5.85. The van der Waals surface area contributed by atoms with Gasteiger partial charge in [-0.05, 0) is 29.8 Å². The van der Waals surface area contributed by atoms with Crippen molar-refractivity contribution in [2.45, 2.75) is 6.36 Å². The lowest BCUT2D eigenvalue weighted by atomic mass is 10.1. The Morgan fingerprint density at radius 1 is 0.958 bits per heavy atom. The van der Waals surface area contributed by atoms with Crippen molar-refractivity contribution in [3.8, 4) is 16.9 Å². The maximum atomic E-state index is 12.1. The van der Waals surface area contributed by atoms with Crippen molar-refractivity contribution >= 4 is 18.2 Å². The number of pyridine rings is 1. The van der Waals surface area contributed by atoms with Crippen LogP contribution in [-0.4, -0.2) is 37.5 Å². The van der Waals surface area contributed by atoms with E-state index in [2.05, 4.69) is 19.9 Å². The first kappa shape index (κ1) is 18.4. The summed E-state index contributed by atoms with van der Waals surface area (Å²) < 4.78 is 40.3. The second-order valence-corrected chi connectivity index (χ2v) is 5.21. The Hall–Kier alpha value is -1.99. The average Bonchev–Trinajstić information content (AvgIpc) is 2.55. The third-order valence-corrected chi connectivity index (χ3v) is 3.61. The predicted octanol–water partition coefficient (Wildman–Crippen LogP) is 3.48. The van der Waals surface area contributed by atoms with Crippen LogP contribution in [0.2, 0.25) is 0 Å². The maximum absolute atomic E-state index is 12.1. The van der Waals surface area contributed by atoms with Crippen molar-refractivity contribution in [1.82, 2.24) is 10.3 Å². The summed E-state index contributed by atoms with van der Waals surface area (Å²) in [5.41, 5.74) is 1.64. The average molecular weight is 360 g/mol. The summed E-state index contributed by atoms with van der Waals surface area (Å²) in [7, 11) is 0. The quantitative estimate of drug-likeness (QED) is 0.910. The van der Waals surface area contributed by atoms with Crippen LogP contribution in [0.4, 0.5) is 19.0 Å². The minimum absolute atomic E-state index is 0. The van der Waals surface area contributed by atoms with Gasteiger partial charge in [-0.3, -0.25) is 0 Å². The van der Waals surface area contributed by atoms with Crippen LogP contribution in [0.5, 0.6) is 5.75 Å². The van der Waals surface area contributed by atoms with Gasteiger partial charge in [-0.1, -0.05) is 12.1 Å². The number of piperazine rings is 1. The fraction of sp³-hybridized carbons (Fsp3) is 0.312. The van der Waals surface area contributed by atoms with Gasteiger partial charge in [-0.2, -0.15) is 0 Å². The third kappa shape index (κ3) is 4.75. The summed E-state index contributed by atoms with van der Waals surface area (Å²) in [6.07, 6.45) is -2.94. The second kappa shape index (κ2) is 7.72. The van der Waals surface area contributed by atoms with E-state index in [1.807, 2.05) is 12.1 Å². The monoisotopic (exact) mass is 359 g/mol. The molecule has 0 saturated carbocycles. The van der Waals surface area contributed by atoms with Gasteiger partial charge in [-0.15, -0.1) is 25.6 Å². The van der Waals surface area contributed by atoms with Gasteiger partial charge in [-0.25, -0.2) is 4.98 Å². The Morgan fingerprint density at radius 3 is 2.12 bits per heavy atom. The van der Waals surface area contributed by atoms with E-state index in [1.165, 1.54) is 12.1 Å². The lowest BCUT2D eigenvalue weighted by Crippen LogP contribution is -2.43. The first-order valence-corrected chi connectivity index (χ1v) is 7.29. The molecule has 0 atom stereocenters. The molecule has 1 aromatic carbocycles.